The largest absolute Gasteiger partial charge is 0.447 e. The Hall–Kier alpha value is -2.27. The number of nitrogens with one attached hydrogen (secondary N) is 1. The fraction of sp³-hybridized carbons (Fsp3) is 0.273. The topological polar surface area (TPSA) is 82.4 Å². The molecular weight excluding hydrogens is 265 g/mol. The molecule has 1 aromatic carbocycles. The number of alkyl halides is 3. The summed E-state index contributed by atoms with van der Waals surface area (Å²) in [7, 11) is 0. The zero-order valence-corrected chi connectivity index (χ0v) is 9.49. The lowest BCUT2D eigenvalue weighted by atomic mass is 10.1. The molecule has 0 unspecified atom stereocenters. The maximum atomic E-state index is 12.4. The summed E-state index contributed by atoms with van der Waals surface area (Å²) >= 11 is 0. The highest BCUT2D eigenvalue weighted by Crippen LogP contribution is 2.31. The Kier molecular flexibility index (Phi) is 4.72. The molecule has 1 aromatic rings. The van der Waals surface area contributed by atoms with E-state index >= 15 is 0 Å². The van der Waals surface area contributed by atoms with Gasteiger partial charge in [0.2, 0.25) is 0 Å². The minimum Gasteiger partial charge on any atom is -0.447 e. The molecule has 0 atom stereocenters. The predicted molar refractivity (Wildman–Crippen MR) is 58.2 cm³/mol. The Bertz CT molecular complexity index is 509. The van der Waals surface area contributed by atoms with Gasteiger partial charge in [-0.25, -0.2) is 4.79 Å². The molecule has 0 aromatic heterocycles. The van der Waals surface area contributed by atoms with Gasteiger partial charge in [0.15, 0.2) is 0 Å². The molecule has 0 heterocycles. The van der Waals surface area contributed by atoms with Gasteiger partial charge in [0.1, 0.15) is 12.7 Å². The van der Waals surface area contributed by atoms with E-state index in [-0.39, 0.29) is 24.5 Å². The SMILES string of the molecule is N#Cc1cc(C(F)(F)F)ccc1NC(=O)OCCO. The van der Waals surface area contributed by atoms with Gasteiger partial charge in [0.05, 0.1) is 23.4 Å². The zero-order valence-electron chi connectivity index (χ0n) is 9.49. The summed E-state index contributed by atoms with van der Waals surface area (Å²) in [4.78, 5) is 11.1. The van der Waals surface area contributed by atoms with E-state index in [1.165, 1.54) is 0 Å². The van der Waals surface area contributed by atoms with Crippen molar-refractivity contribution < 1.29 is 27.8 Å². The van der Waals surface area contributed by atoms with Gasteiger partial charge < -0.3 is 9.84 Å². The minimum atomic E-state index is -4.57. The molecule has 1 amide bonds. The second kappa shape index (κ2) is 6.06. The molecule has 0 saturated heterocycles. The van der Waals surface area contributed by atoms with Gasteiger partial charge in [-0.05, 0) is 18.2 Å². The average Bonchev–Trinajstić information content (AvgIpc) is 2.35. The zero-order chi connectivity index (χ0) is 14.5. The smallest absolute Gasteiger partial charge is 0.416 e. The fourth-order valence-corrected chi connectivity index (χ4v) is 1.21. The van der Waals surface area contributed by atoms with E-state index in [0.717, 1.165) is 12.1 Å². The molecule has 0 saturated carbocycles. The van der Waals surface area contributed by atoms with Gasteiger partial charge in [0.25, 0.3) is 0 Å². The van der Waals surface area contributed by atoms with Crippen LogP contribution in [0.5, 0.6) is 0 Å². The predicted octanol–water partition coefficient (Wildman–Crippen LogP) is 2.12. The number of anilines is 1. The molecule has 0 radical (unpaired) electrons. The van der Waals surface area contributed by atoms with Crippen LogP contribution < -0.4 is 5.32 Å². The number of benzene rings is 1. The van der Waals surface area contributed by atoms with Crippen LogP contribution in [0, 0.1) is 11.3 Å². The van der Waals surface area contributed by atoms with Gasteiger partial charge in [-0.15, -0.1) is 0 Å². The first-order chi connectivity index (χ1) is 8.88. The van der Waals surface area contributed by atoms with Crippen molar-refractivity contribution in [3.63, 3.8) is 0 Å². The quantitative estimate of drug-likeness (QED) is 0.884. The number of hydrogen-bond donors (Lipinski definition) is 2. The lowest BCUT2D eigenvalue weighted by molar-refractivity contribution is -0.137. The van der Waals surface area contributed by atoms with E-state index < -0.39 is 17.8 Å². The Morgan fingerprint density at radius 3 is 2.68 bits per heavy atom. The van der Waals surface area contributed by atoms with Gasteiger partial charge in [-0.3, -0.25) is 5.32 Å². The van der Waals surface area contributed by atoms with Crippen LogP contribution in [0.1, 0.15) is 11.1 Å². The number of aliphatic hydroxyl groups is 1. The Morgan fingerprint density at radius 1 is 1.47 bits per heavy atom. The Morgan fingerprint density at radius 2 is 2.16 bits per heavy atom. The summed E-state index contributed by atoms with van der Waals surface area (Å²) in [5.41, 5.74) is -1.42. The Balaban J connectivity index is 2.92. The molecule has 102 valence electrons. The standard InChI is InChI=1S/C11H9F3N2O3/c12-11(13,14)8-1-2-9(7(5-8)6-15)16-10(18)19-4-3-17/h1-2,5,17H,3-4H2,(H,16,18). The number of amides is 1. The fourth-order valence-electron chi connectivity index (χ4n) is 1.21. The summed E-state index contributed by atoms with van der Waals surface area (Å²) in [6.07, 6.45) is -5.54. The second-order valence-electron chi connectivity index (χ2n) is 3.35. The molecule has 1 rings (SSSR count). The second-order valence-corrected chi connectivity index (χ2v) is 3.35. The van der Waals surface area contributed by atoms with Crippen molar-refractivity contribution in [2.75, 3.05) is 18.5 Å². The monoisotopic (exact) mass is 274 g/mol. The molecule has 19 heavy (non-hydrogen) atoms. The molecule has 5 nitrogen and oxygen atoms in total. The number of carbonyl (C=O) groups is 1. The normalized spacial score (nSPS) is 10.7. The van der Waals surface area contributed by atoms with E-state index in [1.807, 2.05) is 0 Å². The molecule has 2 N–H and O–H groups in total. The van der Waals surface area contributed by atoms with E-state index in [2.05, 4.69) is 10.1 Å². The third kappa shape index (κ3) is 4.15. The average molecular weight is 274 g/mol. The van der Waals surface area contributed by atoms with Gasteiger partial charge in [0, 0.05) is 0 Å². The van der Waals surface area contributed by atoms with Gasteiger partial charge >= 0.3 is 12.3 Å². The summed E-state index contributed by atoms with van der Waals surface area (Å²) < 4.78 is 41.7. The maximum Gasteiger partial charge on any atom is 0.416 e. The van der Waals surface area contributed by atoms with Crippen LogP contribution in [0.4, 0.5) is 23.7 Å². The summed E-state index contributed by atoms with van der Waals surface area (Å²) in [5, 5.41) is 19.3. The summed E-state index contributed by atoms with van der Waals surface area (Å²) in [5.74, 6) is 0. The van der Waals surface area contributed by atoms with Crippen molar-refractivity contribution in [3.05, 3.63) is 29.3 Å². The van der Waals surface area contributed by atoms with Crippen LogP contribution in [-0.4, -0.2) is 24.4 Å². The van der Waals surface area contributed by atoms with E-state index in [0.29, 0.717) is 6.07 Å². The van der Waals surface area contributed by atoms with Crippen molar-refractivity contribution >= 4 is 11.8 Å². The minimum absolute atomic E-state index is 0.0987. The van der Waals surface area contributed by atoms with Crippen molar-refractivity contribution in [1.29, 1.82) is 5.26 Å². The molecule has 0 aliphatic rings. The van der Waals surface area contributed by atoms with Crippen LogP contribution in [0.15, 0.2) is 18.2 Å². The summed E-state index contributed by atoms with van der Waals surface area (Å²) in [6, 6.07) is 3.87. The van der Waals surface area contributed by atoms with E-state index in [9.17, 15) is 18.0 Å². The van der Waals surface area contributed by atoms with Crippen LogP contribution in [0.3, 0.4) is 0 Å². The Labute approximate surface area is 106 Å². The number of ether oxygens (including phenoxy) is 1. The van der Waals surface area contributed by atoms with Crippen LogP contribution in [0.25, 0.3) is 0 Å². The number of halogens is 3. The number of aliphatic hydroxyl groups excluding tert-OH is 1. The molecule has 0 aliphatic carbocycles. The lowest BCUT2D eigenvalue weighted by Gasteiger charge is -2.10. The molecule has 0 aliphatic heterocycles. The van der Waals surface area contributed by atoms with E-state index in [4.69, 9.17) is 10.4 Å². The van der Waals surface area contributed by atoms with Crippen molar-refractivity contribution in [3.8, 4) is 6.07 Å². The highest BCUT2D eigenvalue weighted by atomic mass is 19.4. The molecule has 0 spiro atoms. The van der Waals surface area contributed by atoms with Crippen LogP contribution in [-0.2, 0) is 10.9 Å². The van der Waals surface area contributed by atoms with Crippen LogP contribution in [0.2, 0.25) is 0 Å². The molecule has 8 heteroatoms. The first kappa shape index (κ1) is 14.8. The number of hydrogen-bond acceptors (Lipinski definition) is 4. The highest BCUT2D eigenvalue weighted by Gasteiger charge is 2.31. The first-order valence-electron chi connectivity index (χ1n) is 5.04. The summed E-state index contributed by atoms with van der Waals surface area (Å²) in [6.45, 7) is -0.639. The lowest BCUT2D eigenvalue weighted by Crippen LogP contribution is -2.17. The van der Waals surface area contributed by atoms with Gasteiger partial charge in [-0.2, -0.15) is 18.4 Å². The molecule has 0 fully saturated rings. The van der Waals surface area contributed by atoms with Crippen molar-refractivity contribution in [2.24, 2.45) is 0 Å². The highest BCUT2D eigenvalue weighted by molar-refractivity contribution is 5.86. The number of nitriles is 1. The van der Waals surface area contributed by atoms with E-state index in [1.54, 1.807) is 6.07 Å². The number of carbonyl (C=O) groups excluding carboxylic acids is 1. The number of nitrogens with zero attached hydrogens (tertiary/aromatic N) is 1. The maximum absolute atomic E-state index is 12.4. The molecular formula is C11H9F3N2O3. The van der Waals surface area contributed by atoms with Crippen molar-refractivity contribution in [1.82, 2.24) is 0 Å². The third-order valence-electron chi connectivity index (χ3n) is 2.03. The third-order valence-corrected chi connectivity index (χ3v) is 2.03. The van der Waals surface area contributed by atoms with Crippen LogP contribution >= 0.6 is 0 Å². The number of rotatable bonds is 3. The molecule has 0 bridgehead atoms. The van der Waals surface area contributed by atoms with Crippen molar-refractivity contribution in [2.45, 2.75) is 6.18 Å². The first-order valence-corrected chi connectivity index (χ1v) is 5.04. The van der Waals surface area contributed by atoms with Gasteiger partial charge in [-0.1, -0.05) is 0 Å².